The summed E-state index contributed by atoms with van der Waals surface area (Å²) < 4.78 is 0.724. The molecule has 0 atom stereocenters. The van der Waals surface area contributed by atoms with E-state index >= 15 is 0 Å². The maximum Gasteiger partial charge on any atom is 0.314 e. The molecule has 1 aliphatic heterocycles. The lowest BCUT2D eigenvalue weighted by Gasteiger charge is -2.21. The zero-order valence-corrected chi connectivity index (χ0v) is 18.2. The second kappa shape index (κ2) is 9.42. The van der Waals surface area contributed by atoms with E-state index in [9.17, 15) is 24.7 Å². The van der Waals surface area contributed by atoms with Gasteiger partial charge >= 0.3 is 12.1 Å². The van der Waals surface area contributed by atoms with E-state index in [-0.39, 0.29) is 54.2 Å². The van der Waals surface area contributed by atoms with E-state index in [2.05, 4.69) is 9.98 Å². The molecule has 0 spiro atoms. The number of nitrogens with two attached hydrogens (primary N) is 2. The number of aromatic hydroxyl groups is 1. The van der Waals surface area contributed by atoms with E-state index in [0.29, 0.717) is 11.4 Å². The van der Waals surface area contributed by atoms with Crippen LogP contribution in [0.4, 0.5) is 9.59 Å². The van der Waals surface area contributed by atoms with Crippen molar-refractivity contribution in [3.63, 3.8) is 0 Å². The molecule has 12 heteroatoms. The SMILES string of the molecule is CN(CCN=C1C=CC(=NCCN(C)C(N)=O)c2c1c(O)c1ccn(O)cc-1c2=O)C(N)=O. The standard InChI is InChI=1S/C21H25N7O5/c1-26(20(22)31)9-6-24-14-3-4-15(25-7-10-27(2)21(23)32)17-16(14)18(29)12-5-8-28(33)11-13(12)19(17)30/h3-5,8,11,29,33H,6-7,9-10H2,1-2H3,(H2,22,31)(H2,23,32). The molecule has 0 aromatic heterocycles. The number of fused-ring (bicyclic) bond motifs is 2. The highest BCUT2D eigenvalue weighted by Gasteiger charge is 2.29. The number of amides is 4. The van der Waals surface area contributed by atoms with Gasteiger partial charge in [0.25, 0.3) is 0 Å². The number of rotatable bonds is 6. The number of carbonyl (C=O) groups is 2. The summed E-state index contributed by atoms with van der Waals surface area (Å²) in [6.07, 6.45) is 5.70. The molecule has 0 aromatic rings. The summed E-state index contributed by atoms with van der Waals surface area (Å²) in [4.78, 5) is 47.2. The lowest BCUT2D eigenvalue weighted by atomic mass is 9.86. The van der Waals surface area contributed by atoms with Crippen molar-refractivity contribution in [2.75, 3.05) is 40.3 Å². The average Bonchev–Trinajstić information content (AvgIpc) is 2.77. The van der Waals surface area contributed by atoms with Crippen LogP contribution < -0.4 is 16.9 Å². The lowest BCUT2D eigenvalue weighted by Crippen LogP contribution is -2.34. The second-order valence-electron chi connectivity index (χ2n) is 7.47. The van der Waals surface area contributed by atoms with Crippen molar-refractivity contribution < 1.29 is 19.9 Å². The van der Waals surface area contributed by atoms with Gasteiger partial charge in [0, 0.05) is 38.9 Å². The maximum atomic E-state index is 13.4. The molecule has 0 fully saturated rings. The number of urea groups is 2. The maximum absolute atomic E-state index is 13.4. The fourth-order valence-corrected chi connectivity index (χ4v) is 3.32. The smallest absolute Gasteiger partial charge is 0.314 e. The van der Waals surface area contributed by atoms with Gasteiger partial charge in [-0.15, -0.1) is 0 Å². The van der Waals surface area contributed by atoms with Gasteiger partial charge in [0.2, 0.25) is 0 Å². The number of hydrogen-bond acceptors (Lipinski definition) is 7. The first-order valence-electron chi connectivity index (χ1n) is 10.0. The van der Waals surface area contributed by atoms with Gasteiger partial charge in [-0.2, -0.15) is 0 Å². The number of phenols is 1. The third-order valence-corrected chi connectivity index (χ3v) is 5.26. The molecule has 174 valence electrons. The Hall–Kier alpha value is -4.35. The fourth-order valence-electron chi connectivity index (χ4n) is 3.32. The highest BCUT2D eigenvalue weighted by molar-refractivity contribution is 6.27. The average molecular weight is 455 g/mol. The molecule has 0 radical (unpaired) electrons. The van der Waals surface area contributed by atoms with Crippen molar-refractivity contribution in [3.8, 4) is 16.9 Å². The Labute approximate surface area is 189 Å². The van der Waals surface area contributed by atoms with Crippen molar-refractivity contribution >= 4 is 23.5 Å². The summed E-state index contributed by atoms with van der Waals surface area (Å²) in [5.41, 5.74) is 11.3. The lowest BCUT2D eigenvalue weighted by molar-refractivity contribution is 0.184. The molecular weight excluding hydrogens is 430 g/mol. The summed E-state index contributed by atoms with van der Waals surface area (Å²) in [5.74, 6) is -0.187. The van der Waals surface area contributed by atoms with Crippen LogP contribution in [0.2, 0.25) is 0 Å². The molecule has 0 unspecified atom stereocenters. The van der Waals surface area contributed by atoms with Crippen LogP contribution in [0.1, 0.15) is 11.1 Å². The largest absolute Gasteiger partial charge is 0.507 e. The number of pyridine rings is 1. The van der Waals surface area contributed by atoms with Gasteiger partial charge in [-0.3, -0.25) is 14.8 Å². The Morgan fingerprint density at radius 3 is 2.00 bits per heavy atom. The van der Waals surface area contributed by atoms with Gasteiger partial charge in [0.05, 0.1) is 47.4 Å². The molecule has 0 saturated carbocycles. The highest BCUT2D eigenvalue weighted by atomic mass is 16.5. The third kappa shape index (κ3) is 4.79. The summed E-state index contributed by atoms with van der Waals surface area (Å²) in [7, 11) is 3.06. The van der Waals surface area contributed by atoms with Gasteiger partial charge < -0.3 is 31.6 Å². The predicted molar refractivity (Wildman–Crippen MR) is 123 cm³/mol. The molecule has 3 aliphatic rings. The number of primary amides is 2. The summed E-state index contributed by atoms with van der Waals surface area (Å²) in [6, 6.07) is 0.214. The van der Waals surface area contributed by atoms with Crippen LogP contribution in [0.15, 0.2) is 45.4 Å². The van der Waals surface area contributed by atoms with Crippen molar-refractivity contribution in [1.29, 1.82) is 0 Å². The highest BCUT2D eigenvalue weighted by Crippen LogP contribution is 2.35. The summed E-state index contributed by atoms with van der Waals surface area (Å²) in [6.45, 7) is 0.825. The molecule has 6 N–H and O–H groups in total. The predicted octanol–water partition coefficient (Wildman–Crippen LogP) is 0.0650. The zero-order chi connectivity index (χ0) is 24.3. The van der Waals surface area contributed by atoms with Crippen LogP contribution in [0.25, 0.3) is 11.1 Å². The quantitative estimate of drug-likeness (QED) is 0.449. The molecule has 0 saturated heterocycles. The Morgan fingerprint density at radius 2 is 1.48 bits per heavy atom. The molecule has 3 rings (SSSR count). The van der Waals surface area contributed by atoms with Crippen LogP contribution in [0.5, 0.6) is 5.75 Å². The number of likely N-dealkylation sites (N-methyl/N-ethyl adjacent to an activating group) is 2. The number of allylic oxidation sites excluding steroid dienone is 2. The Kier molecular flexibility index (Phi) is 6.66. The Balaban J connectivity index is 2.11. The minimum Gasteiger partial charge on any atom is -0.507 e. The van der Waals surface area contributed by atoms with Crippen LogP contribution >= 0.6 is 0 Å². The van der Waals surface area contributed by atoms with Crippen molar-refractivity contribution in [2.24, 2.45) is 21.5 Å². The van der Waals surface area contributed by atoms with Gasteiger partial charge in [-0.1, -0.05) is 0 Å². The third-order valence-electron chi connectivity index (χ3n) is 5.26. The van der Waals surface area contributed by atoms with E-state index in [0.717, 1.165) is 4.73 Å². The number of benzene rings is 1. The number of aromatic nitrogens is 1. The molecule has 4 amide bonds. The molecule has 0 bridgehead atoms. The van der Waals surface area contributed by atoms with Gasteiger partial charge in [-0.05, 0) is 18.2 Å². The van der Waals surface area contributed by atoms with Crippen molar-refractivity contribution in [3.05, 3.63) is 52.0 Å². The first-order valence-corrected chi connectivity index (χ1v) is 10.0. The first kappa shape index (κ1) is 23.3. The number of aliphatic imine (C=N–C) groups is 2. The van der Waals surface area contributed by atoms with E-state index in [1.54, 1.807) is 12.2 Å². The number of hydrogen-bond donors (Lipinski definition) is 4. The topological polar surface area (TPSA) is 180 Å². The molecule has 1 heterocycles. The molecule has 12 nitrogen and oxygen atoms in total. The Bertz CT molecular complexity index is 1210. The minimum absolute atomic E-state index is 0.0984. The molecular formula is C21H25N7O5. The second-order valence-corrected chi connectivity index (χ2v) is 7.47. The van der Waals surface area contributed by atoms with Crippen LogP contribution in [0.3, 0.4) is 0 Å². The van der Waals surface area contributed by atoms with Crippen molar-refractivity contribution in [2.45, 2.75) is 0 Å². The first-order chi connectivity index (χ1) is 15.6. The summed E-state index contributed by atoms with van der Waals surface area (Å²) >= 11 is 0. The van der Waals surface area contributed by atoms with E-state index in [1.165, 1.54) is 42.4 Å². The molecule has 2 aliphatic carbocycles. The fraction of sp³-hybridized carbons (Fsp3) is 0.286. The van der Waals surface area contributed by atoms with E-state index in [1.807, 2.05) is 0 Å². The van der Waals surface area contributed by atoms with E-state index in [4.69, 9.17) is 11.5 Å². The van der Waals surface area contributed by atoms with Crippen molar-refractivity contribution in [1.82, 2.24) is 14.5 Å². The monoisotopic (exact) mass is 455 g/mol. The van der Waals surface area contributed by atoms with Crippen LogP contribution in [-0.2, 0) is 0 Å². The number of carbonyl (C=O) groups excluding carboxylic acids is 2. The molecule has 33 heavy (non-hydrogen) atoms. The number of phenolic OH excluding ortho intramolecular Hbond substituents is 1. The zero-order valence-electron chi connectivity index (χ0n) is 18.2. The summed E-state index contributed by atoms with van der Waals surface area (Å²) in [5, 5.41) is 20.8. The van der Waals surface area contributed by atoms with Gasteiger partial charge in [-0.25, -0.2) is 14.3 Å². The van der Waals surface area contributed by atoms with Crippen LogP contribution in [-0.4, -0.2) is 88.6 Å². The van der Waals surface area contributed by atoms with E-state index < -0.39 is 17.5 Å². The van der Waals surface area contributed by atoms with Gasteiger partial charge in [0.1, 0.15) is 5.75 Å². The minimum atomic E-state index is -0.606. The Morgan fingerprint density at radius 1 is 0.970 bits per heavy atom. The molecule has 0 aromatic carbocycles. The number of nitrogens with zero attached hydrogens (tertiary/aromatic N) is 5. The van der Waals surface area contributed by atoms with Gasteiger partial charge in [0.15, 0.2) is 5.43 Å². The van der Waals surface area contributed by atoms with Crippen LogP contribution in [0, 0.1) is 0 Å². The normalized spacial score (nSPS) is 15.1.